The maximum absolute atomic E-state index is 12.8. The van der Waals surface area contributed by atoms with Crippen LogP contribution in [-0.2, 0) is 18.4 Å². The fraction of sp³-hybridized carbons (Fsp3) is 0.841. The number of unbranched alkanes of at least 4 members (excludes halogenated alkanes) is 22. The van der Waals surface area contributed by atoms with Crippen molar-refractivity contribution < 1.29 is 32.9 Å². The first-order valence-electron chi connectivity index (χ1n) is 21.9. The maximum atomic E-state index is 12.8. The largest absolute Gasteiger partial charge is 0.472 e. The molecule has 3 atom stereocenters. The number of hydrogen-bond acceptors (Lipinski definition) is 5. The number of quaternary nitrogens is 1. The van der Waals surface area contributed by atoms with Gasteiger partial charge < -0.3 is 19.8 Å². The van der Waals surface area contributed by atoms with Gasteiger partial charge >= 0.3 is 7.82 Å². The van der Waals surface area contributed by atoms with E-state index in [4.69, 9.17) is 9.05 Å². The summed E-state index contributed by atoms with van der Waals surface area (Å²) in [5.74, 6) is -0.197. The summed E-state index contributed by atoms with van der Waals surface area (Å²) in [6.07, 6.45) is 43.5. The van der Waals surface area contributed by atoms with Crippen molar-refractivity contribution in [2.24, 2.45) is 0 Å². The number of aliphatic hydroxyl groups is 1. The third kappa shape index (κ3) is 38.8. The molecule has 0 heterocycles. The van der Waals surface area contributed by atoms with Crippen molar-refractivity contribution in [3.8, 4) is 0 Å². The molecule has 0 aliphatic heterocycles. The third-order valence-electron chi connectivity index (χ3n) is 9.58. The lowest BCUT2D eigenvalue weighted by molar-refractivity contribution is -0.870. The Morgan fingerprint density at radius 2 is 1.04 bits per heavy atom. The van der Waals surface area contributed by atoms with E-state index in [1.165, 1.54) is 116 Å². The number of likely N-dealkylation sites (N-methyl/N-ethyl adjacent to an activating group) is 1. The molecule has 0 spiro atoms. The number of amides is 1. The molecule has 8 nitrogen and oxygen atoms in total. The number of carbonyl (C=O) groups excluding carboxylic acids is 1. The fourth-order valence-corrected chi connectivity index (χ4v) is 6.79. The molecule has 0 rings (SSSR count). The van der Waals surface area contributed by atoms with E-state index < -0.39 is 20.0 Å². The van der Waals surface area contributed by atoms with Crippen LogP contribution in [0.3, 0.4) is 0 Å². The summed E-state index contributed by atoms with van der Waals surface area (Å²) in [7, 11) is 1.55. The van der Waals surface area contributed by atoms with Crippen molar-refractivity contribution in [1.29, 1.82) is 0 Å². The number of allylic oxidation sites excluding steroid dienone is 5. The van der Waals surface area contributed by atoms with Crippen LogP contribution >= 0.6 is 7.82 Å². The minimum absolute atomic E-state index is 0.0545. The lowest BCUT2D eigenvalue weighted by Gasteiger charge is -2.25. The van der Waals surface area contributed by atoms with Crippen molar-refractivity contribution in [2.45, 2.75) is 199 Å². The first-order valence-corrected chi connectivity index (χ1v) is 23.4. The standard InChI is InChI=1S/C44H85N2O6P/c1-6-8-10-12-14-16-18-20-22-24-25-27-29-31-33-35-37-43(47)42(41-52-53(49,50)51-40-39-46(3,4)5)45-44(48)38-36-34-32-30-28-26-23-21-19-17-15-13-11-9-7-2/h21,23,27,29,35,37,42-43,47H,6-20,22,24-26,28,30-34,36,38-41H2,1-5H3,(H-,45,48,49,50)/p+1/b23-21+,29-27+,37-35+/t42-,43+/m0/s1. The SMILES string of the molecule is CCCCCCCC/C=C/CCCCCCCC(=O)N[C@@H](COP(=O)(O)OCC[N+](C)(C)C)[C@H](O)/C=C/CC/C=C/CCCCCCCCCCCC. The Morgan fingerprint density at radius 3 is 1.51 bits per heavy atom. The Balaban J connectivity index is 4.51. The van der Waals surface area contributed by atoms with Gasteiger partial charge in [-0.05, 0) is 57.8 Å². The molecular weight excluding hydrogens is 683 g/mol. The Hall–Kier alpha value is -1.28. The van der Waals surface area contributed by atoms with Crippen molar-refractivity contribution in [3.63, 3.8) is 0 Å². The summed E-state index contributed by atoms with van der Waals surface area (Å²) >= 11 is 0. The van der Waals surface area contributed by atoms with Crippen LogP contribution in [0.5, 0.6) is 0 Å². The van der Waals surface area contributed by atoms with Crippen LogP contribution in [0.1, 0.15) is 187 Å². The van der Waals surface area contributed by atoms with Crippen molar-refractivity contribution in [2.75, 3.05) is 40.9 Å². The number of nitrogens with zero attached hydrogens (tertiary/aromatic N) is 1. The molecule has 0 saturated heterocycles. The zero-order chi connectivity index (χ0) is 39.3. The van der Waals surface area contributed by atoms with E-state index in [9.17, 15) is 19.4 Å². The molecule has 1 unspecified atom stereocenters. The Morgan fingerprint density at radius 1 is 0.623 bits per heavy atom. The van der Waals surface area contributed by atoms with E-state index in [1.807, 2.05) is 27.2 Å². The lowest BCUT2D eigenvalue weighted by Crippen LogP contribution is -2.45. The van der Waals surface area contributed by atoms with Gasteiger partial charge in [-0.1, -0.05) is 159 Å². The third-order valence-corrected chi connectivity index (χ3v) is 10.6. The van der Waals surface area contributed by atoms with Gasteiger partial charge in [0.2, 0.25) is 5.91 Å². The molecule has 1 amide bonds. The van der Waals surface area contributed by atoms with E-state index in [2.05, 4.69) is 43.5 Å². The van der Waals surface area contributed by atoms with Gasteiger partial charge in [0, 0.05) is 6.42 Å². The lowest BCUT2D eigenvalue weighted by atomic mass is 10.1. The van der Waals surface area contributed by atoms with Gasteiger partial charge in [0.25, 0.3) is 0 Å². The summed E-state index contributed by atoms with van der Waals surface area (Å²) < 4.78 is 23.5. The molecule has 0 aliphatic carbocycles. The monoisotopic (exact) mass is 770 g/mol. The average Bonchev–Trinajstić information content (AvgIpc) is 3.10. The number of phosphoric ester groups is 1. The Kier molecular flexibility index (Phi) is 35.5. The quantitative estimate of drug-likeness (QED) is 0.0249. The van der Waals surface area contributed by atoms with E-state index in [0.717, 1.165) is 51.4 Å². The van der Waals surface area contributed by atoms with E-state index in [-0.39, 0.29) is 19.1 Å². The molecule has 0 bridgehead atoms. The summed E-state index contributed by atoms with van der Waals surface area (Å²) in [6.45, 7) is 4.77. The Bertz CT molecular complexity index is 964. The molecule has 0 aliphatic rings. The van der Waals surface area contributed by atoms with Crippen LogP contribution < -0.4 is 5.32 Å². The predicted molar refractivity (Wildman–Crippen MR) is 226 cm³/mol. The van der Waals surface area contributed by atoms with Crippen LogP contribution in [0.2, 0.25) is 0 Å². The highest BCUT2D eigenvalue weighted by molar-refractivity contribution is 7.47. The number of phosphoric acid groups is 1. The van der Waals surface area contributed by atoms with Crippen LogP contribution in [-0.4, -0.2) is 73.4 Å². The number of aliphatic hydroxyl groups excluding tert-OH is 1. The first-order chi connectivity index (χ1) is 25.5. The van der Waals surface area contributed by atoms with E-state index in [1.54, 1.807) is 6.08 Å². The molecular formula is C44H86N2O6P+. The van der Waals surface area contributed by atoms with Gasteiger partial charge in [-0.3, -0.25) is 13.8 Å². The summed E-state index contributed by atoms with van der Waals surface area (Å²) in [4.78, 5) is 23.1. The molecule has 0 aromatic carbocycles. The normalized spacial score (nSPS) is 14.8. The van der Waals surface area contributed by atoms with E-state index in [0.29, 0.717) is 17.4 Å². The summed E-state index contributed by atoms with van der Waals surface area (Å²) in [6, 6.07) is -0.865. The van der Waals surface area contributed by atoms with Crippen LogP contribution in [0, 0.1) is 0 Å². The second kappa shape index (κ2) is 36.4. The van der Waals surface area contributed by atoms with Crippen LogP contribution in [0.4, 0.5) is 0 Å². The fourth-order valence-electron chi connectivity index (χ4n) is 6.05. The van der Waals surface area contributed by atoms with Crippen LogP contribution in [0.25, 0.3) is 0 Å². The maximum Gasteiger partial charge on any atom is 0.472 e. The molecule has 0 radical (unpaired) electrons. The number of rotatable bonds is 39. The molecule has 312 valence electrons. The van der Waals surface area contributed by atoms with Gasteiger partial charge in [-0.15, -0.1) is 0 Å². The molecule has 0 saturated carbocycles. The van der Waals surface area contributed by atoms with Gasteiger partial charge in [0.15, 0.2) is 0 Å². The summed E-state index contributed by atoms with van der Waals surface area (Å²) in [5.41, 5.74) is 0. The number of nitrogens with one attached hydrogen (secondary N) is 1. The molecule has 3 N–H and O–H groups in total. The predicted octanol–water partition coefficient (Wildman–Crippen LogP) is 11.9. The first kappa shape index (κ1) is 51.7. The zero-order valence-electron chi connectivity index (χ0n) is 35.3. The highest BCUT2D eigenvalue weighted by atomic mass is 31.2. The molecule has 0 fully saturated rings. The van der Waals surface area contributed by atoms with Gasteiger partial charge in [-0.2, -0.15) is 0 Å². The van der Waals surface area contributed by atoms with Gasteiger partial charge in [0.05, 0.1) is 39.9 Å². The minimum Gasteiger partial charge on any atom is -0.387 e. The van der Waals surface area contributed by atoms with Gasteiger partial charge in [-0.25, -0.2) is 4.57 Å². The molecule has 9 heteroatoms. The smallest absolute Gasteiger partial charge is 0.387 e. The second-order valence-corrected chi connectivity index (χ2v) is 17.5. The van der Waals surface area contributed by atoms with Crippen molar-refractivity contribution in [3.05, 3.63) is 36.5 Å². The minimum atomic E-state index is -4.34. The average molecular weight is 770 g/mol. The van der Waals surface area contributed by atoms with E-state index >= 15 is 0 Å². The highest BCUT2D eigenvalue weighted by Gasteiger charge is 2.27. The second-order valence-electron chi connectivity index (χ2n) is 16.1. The van der Waals surface area contributed by atoms with Crippen molar-refractivity contribution >= 4 is 13.7 Å². The molecule has 53 heavy (non-hydrogen) atoms. The van der Waals surface area contributed by atoms with Crippen molar-refractivity contribution in [1.82, 2.24) is 5.32 Å². The molecule has 0 aromatic rings. The number of hydrogen-bond donors (Lipinski definition) is 3. The molecule has 0 aromatic heterocycles. The zero-order valence-corrected chi connectivity index (χ0v) is 36.1. The van der Waals surface area contributed by atoms with Gasteiger partial charge in [0.1, 0.15) is 13.2 Å². The number of carbonyl (C=O) groups is 1. The topological polar surface area (TPSA) is 105 Å². The Labute approximate surface area is 327 Å². The van der Waals surface area contributed by atoms with Crippen LogP contribution in [0.15, 0.2) is 36.5 Å². The highest BCUT2D eigenvalue weighted by Crippen LogP contribution is 2.43. The summed E-state index contributed by atoms with van der Waals surface area (Å²) in [5, 5.41) is 13.8.